The zero-order valence-electron chi connectivity index (χ0n) is 14.3. The number of hydrogen-bond acceptors (Lipinski definition) is 5. The van der Waals surface area contributed by atoms with Gasteiger partial charge in [0.2, 0.25) is 6.29 Å². The van der Waals surface area contributed by atoms with Crippen LogP contribution in [0.25, 0.3) is 0 Å². The Bertz CT molecular complexity index is 602. The molecule has 0 saturated heterocycles. The van der Waals surface area contributed by atoms with E-state index in [2.05, 4.69) is 5.32 Å². The molecule has 0 bridgehead atoms. The number of alkyl carbamates (subject to hydrolysis) is 1. The van der Waals surface area contributed by atoms with Gasteiger partial charge in [0.05, 0.1) is 12.3 Å². The highest BCUT2D eigenvalue weighted by Gasteiger charge is 2.19. The molecule has 0 aliphatic carbocycles. The van der Waals surface area contributed by atoms with Crippen molar-refractivity contribution in [3.8, 4) is 0 Å². The van der Waals surface area contributed by atoms with Crippen molar-refractivity contribution in [1.29, 1.82) is 0 Å². The number of carboxylic acids is 1. The largest absolute Gasteiger partial charge is 0.481 e. The Balaban J connectivity index is 2.58. The van der Waals surface area contributed by atoms with Crippen LogP contribution in [0.5, 0.6) is 0 Å². The smallest absolute Gasteiger partial charge is 0.410 e. The Kier molecular flexibility index (Phi) is 8.21. The number of carbonyl (C=O) groups is 3. The number of amides is 1. The number of rotatable bonds is 8. The van der Waals surface area contributed by atoms with Crippen LogP contribution in [0.3, 0.4) is 0 Å². The first-order valence-electron chi connectivity index (χ1n) is 7.81. The van der Waals surface area contributed by atoms with Crippen LogP contribution in [0.4, 0.5) is 4.79 Å². The van der Waals surface area contributed by atoms with Gasteiger partial charge in [-0.1, -0.05) is 37.6 Å². The SMILES string of the molecule is CC(C)C(=O)O[C@H](C)OC(=O)NC[C@H](CC(=O)O)c1ccc(Cl)cc1. The van der Waals surface area contributed by atoms with Gasteiger partial charge in [-0.2, -0.15) is 0 Å². The summed E-state index contributed by atoms with van der Waals surface area (Å²) in [5.41, 5.74) is 0.728. The molecule has 0 aliphatic heterocycles. The number of carboxylic acid groups (broad SMARTS) is 1. The predicted molar refractivity (Wildman–Crippen MR) is 91.3 cm³/mol. The van der Waals surface area contributed by atoms with Gasteiger partial charge in [0.1, 0.15) is 0 Å². The maximum absolute atomic E-state index is 11.8. The van der Waals surface area contributed by atoms with E-state index in [1.165, 1.54) is 6.92 Å². The maximum Gasteiger partial charge on any atom is 0.410 e. The van der Waals surface area contributed by atoms with Crippen LogP contribution in [-0.2, 0) is 19.1 Å². The molecule has 8 heteroatoms. The van der Waals surface area contributed by atoms with Crippen LogP contribution >= 0.6 is 11.6 Å². The van der Waals surface area contributed by atoms with Crippen molar-refractivity contribution in [2.75, 3.05) is 6.54 Å². The molecule has 0 radical (unpaired) electrons. The summed E-state index contributed by atoms with van der Waals surface area (Å²) in [6, 6.07) is 6.71. The lowest BCUT2D eigenvalue weighted by Gasteiger charge is -2.19. The quantitative estimate of drug-likeness (QED) is 0.537. The summed E-state index contributed by atoms with van der Waals surface area (Å²) in [6.07, 6.45) is -2.00. The highest BCUT2D eigenvalue weighted by molar-refractivity contribution is 6.30. The Morgan fingerprint density at radius 1 is 1.12 bits per heavy atom. The first-order valence-corrected chi connectivity index (χ1v) is 8.19. The molecule has 1 aromatic rings. The molecule has 0 aliphatic rings. The van der Waals surface area contributed by atoms with Crippen molar-refractivity contribution in [2.24, 2.45) is 5.92 Å². The molecular formula is C17H22ClNO6. The number of ether oxygens (including phenoxy) is 2. The Hall–Kier alpha value is -2.28. The lowest BCUT2D eigenvalue weighted by atomic mass is 9.96. The van der Waals surface area contributed by atoms with E-state index in [-0.39, 0.29) is 18.9 Å². The van der Waals surface area contributed by atoms with Gasteiger partial charge in [0.25, 0.3) is 0 Å². The summed E-state index contributed by atoms with van der Waals surface area (Å²) in [7, 11) is 0. The van der Waals surface area contributed by atoms with Crippen LogP contribution in [-0.4, -0.2) is 36.0 Å². The molecule has 138 valence electrons. The molecular weight excluding hydrogens is 350 g/mol. The lowest BCUT2D eigenvalue weighted by molar-refractivity contribution is -0.168. The first kappa shape index (κ1) is 20.8. The van der Waals surface area contributed by atoms with Crippen molar-refractivity contribution in [3.05, 3.63) is 34.9 Å². The molecule has 0 unspecified atom stereocenters. The molecule has 0 aromatic heterocycles. The van der Waals surface area contributed by atoms with Crippen LogP contribution in [0.1, 0.15) is 38.7 Å². The van der Waals surface area contributed by atoms with Crippen molar-refractivity contribution in [2.45, 2.75) is 39.4 Å². The summed E-state index contributed by atoms with van der Waals surface area (Å²) in [4.78, 5) is 34.2. The van der Waals surface area contributed by atoms with Gasteiger partial charge in [-0.25, -0.2) is 4.79 Å². The molecule has 0 fully saturated rings. The average molecular weight is 372 g/mol. The number of halogens is 1. The zero-order chi connectivity index (χ0) is 19.0. The van der Waals surface area contributed by atoms with Gasteiger partial charge in [0.15, 0.2) is 0 Å². The predicted octanol–water partition coefficient (Wildman–Crippen LogP) is 3.17. The van der Waals surface area contributed by atoms with E-state index in [0.717, 1.165) is 5.56 Å². The van der Waals surface area contributed by atoms with Gasteiger partial charge in [0, 0.05) is 24.4 Å². The van der Waals surface area contributed by atoms with Gasteiger partial charge in [-0.15, -0.1) is 0 Å². The molecule has 2 atom stereocenters. The number of carbonyl (C=O) groups excluding carboxylic acids is 2. The van der Waals surface area contributed by atoms with Crippen LogP contribution in [0.2, 0.25) is 5.02 Å². The fraction of sp³-hybridized carbons (Fsp3) is 0.471. The minimum absolute atomic E-state index is 0.0532. The maximum atomic E-state index is 11.8. The Morgan fingerprint density at radius 2 is 1.72 bits per heavy atom. The van der Waals surface area contributed by atoms with E-state index in [4.69, 9.17) is 26.2 Å². The fourth-order valence-corrected chi connectivity index (χ4v) is 2.10. The third kappa shape index (κ3) is 7.89. The average Bonchev–Trinajstić information content (AvgIpc) is 2.51. The third-order valence-corrected chi connectivity index (χ3v) is 3.53. The second-order valence-electron chi connectivity index (χ2n) is 5.79. The molecule has 1 rings (SSSR count). The van der Waals surface area contributed by atoms with E-state index in [0.29, 0.717) is 5.02 Å². The molecule has 2 N–H and O–H groups in total. The summed E-state index contributed by atoms with van der Waals surface area (Å²) in [5.74, 6) is -2.26. The molecule has 1 aromatic carbocycles. The standard InChI is InChI=1S/C17H22ClNO6/c1-10(2)16(22)24-11(3)25-17(23)19-9-13(8-15(20)21)12-4-6-14(18)7-5-12/h4-7,10-11,13H,8-9H2,1-3H3,(H,19,23)(H,20,21)/t11-,13-/m0/s1. The molecule has 1 amide bonds. The van der Waals surface area contributed by atoms with E-state index in [1.807, 2.05) is 0 Å². The monoisotopic (exact) mass is 371 g/mol. The van der Waals surface area contributed by atoms with E-state index < -0.39 is 30.2 Å². The molecule has 0 spiro atoms. The summed E-state index contributed by atoms with van der Waals surface area (Å²) in [6.45, 7) is 4.81. The van der Waals surface area contributed by atoms with Gasteiger partial charge < -0.3 is 19.9 Å². The second-order valence-corrected chi connectivity index (χ2v) is 6.23. The number of nitrogens with one attached hydrogen (secondary N) is 1. The molecule has 0 heterocycles. The Morgan fingerprint density at radius 3 is 2.24 bits per heavy atom. The Labute approximate surface area is 151 Å². The van der Waals surface area contributed by atoms with Crippen molar-refractivity contribution >= 4 is 29.6 Å². The normalized spacial score (nSPS) is 13.0. The van der Waals surface area contributed by atoms with Gasteiger partial charge in [-0.05, 0) is 17.7 Å². The highest BCUT2D eigenvalue weighted by Crippen LogP contribution is 2.21. The second kappa shape index (κ2) is 9.88. The van der Waals surface area contributed by atoms with E-state index >= 15 is 0 Å². The zero-order valence-corrected chi connectivity index (χ0v) is 15.1. The van der Waals surface area contributed by atoms with E-state index in [9.17, 15) is 14.4 Å². The van der Waals surface area contributed by atoms with Crippen LogP contribution in [0.15, 0.2) is 24.3 Å². The minimum Gasteiger partial charge on any atom is -0.481 e. The van der Waals surface area contributed by atoms with Crippen molar-refractivity contribution in [3.63, 3.8) is 0 Å². The van der Waals surface area contributed by atoms with Crippen molar-refractivity contribution < 1.29 is 29.0 Å². The summed E-state index contributed by atoms with van der Waals surface area (Å²) < 4.78 is 9.84. The lowest BCUT2D eigenvalue weighted by Crippen LogP contribution is -2.34. The first-order chi connectivity index (χ1) is 11.7. The molecule has 25 heavy (non-hydrogen) atoms. The number of hydrogen-bond donors (Lipinski definition) is 2. The highest BCUT2D eigenvalue weighted by atomic mass is 35.5. The van der Waals surface area contributed by atoms with Gasteiger partial charge >= 0.3 is 18.0 Å². The number of esters is 1. The number of aliphatic carboxylic acids is 1. The fourth-order valence-electron chi connectivity index (χ4n) is 1.98. The van der Waals surface area contributed by atoms with Crippen molar-refractivity contribution in [1.82, 2.24) is 5.32 Å². The summed E-state index contributed by atoms with van der Waals surface area (Å²) in [5, 5.41) is 12.1. The summed E-state index contributed by atoms with van der Waals surface area (Å²) >= 11 is 5.82. The minimum atomic E-state index is -1.04. The third-order valence-electron chi connectivity index (χ3n) is 3.28. The number of benzene rings is 1. The van der Waals surface area contributed by atoms with Crippen LogP contribution in [0, 0.1) is 5.92 Å². The molecule has 0 saturated carbocycles. The topological polar surface area (TPSA) is 102 Å². The van der Waals surface area contributed by atoms with Gasteiger partial charge in [-0.3, -0.25) is 9.59 Å². The van der Waals surface area contributed by atoms with Crippen LogP contribution < -0.4 is 5.32 Å². The van der Waals surface area contributed by atoms with E-state index in [1.54, 1.807) is 38.1 Å². The molecule has 7 nitrogen and oxygen atoms in total.